The third-order valence-electron chi connectivity index (χ3n) is 3.47. The molecule has 2 heterocycles. The lowest BCUT2D eigenvalue weighted by Gasteiger charge is -2.14. The minimum absolute atomic E-state index is 0.121. The van der Waals surface area contributed by atoms with Crippen molar-refractivity contribution in [2.45, 2.75) is 31.8 Å². The number of aromatic nitrogens is 2. The fourth-order valence-corrected chi connectivity index (χ4v) is 3.55. The van der Waals surface area contributed by atoms with Crippen molar-refractivity contribution in [2.24, 2.45) is 0 Å². The molecule has 1 fully saturated rings. The molecule has 0 amide bonds. The lowest BCUT2D eigenvalue weighted by atomic mass is 10.1. The highest BCUT2D eigenvalue weighted by Gasteiger charge is 2.21. The summed E-state index contributed by atoms with van der Waals surface area (Å²) in [6.45, 7) is 2.09. The Morgan fingerprint density at radius 3 is 3.00 bits per heavy atom. The van der Waals surface area contributed by atoms with Crippen LogP contribution in [0.15, 0.2) is 34.9 Å². The van der Waals surface area contributed by atoms with Crippen molar-refractivity contribution >= 4 is 11.8 Å². The van der Waals surface area contributed by atoms with Gasteiger partial charge in [0.25, 0.3) is 0 Å². The number of rotatable bonds is 5. The summed E-state index contributed by atoms with van der Waals surface area (Å²) in [5.74, 6) is 3.86. The van der Waals surface area contributed by atoms with E-state index in [4.69, 9.17) is 4.52 Å². The fourth-order valence-electron chi connectivity index (χ4n) is 2.38. The largest absolute Gasteiger partial charge is 0.338 e. The summed E-state index contributed by atoms with van der Waals surface area (Å²) >= 11 is 2.00. The molecule has 1 aliphatic rings. The highest BCUT2D eigenvalue weighted by atomic mass is 32.2. The Balaban J connectivity index is 1.61. The van der Waals surface area contributed by atoms with Gasteiger partial charge < -0.3 is 9.84 Å². The van der Waals surface area contributed by atoms with E-state index in [1.807, 2.05) is 30.0 Å². The Morgan fingerprint density at radius 2 is 2.25 bits per heavy atom. The summed E-state index contributed by atoms with van der Waals surface area (Å²) in [6.07, 6.45) is 1.94. The predicted molar refractivity (Wildman–Crippen MR) is 80.8 cm³/mol. The maximum atomic E-state index is 5.38. The van der Waals surface area contributed by atoms with E-state index in [1.54, 1.807) is 0 Å². The molecule has 1 aromatic heterocycles. The van der Waals surface area contributed by atoms with Gasteiger partial charge in [-0.3, -0.25) is 0 Å². The Morgan fingerprint density at radius 1 is 1.40 bits per heavy atom. The van der Waals surface area contributed by atoms with Crippen LogP contribution < -0.4 is 5.32 Å². The van der Waals surface area contributed by atoms with Gasteiger partial charge in [0.05, 0.1) is 6.04 Å². The Bertz CT molecular complexity index is 537. The number of hydrogen-bond acceptors (Lipinski definition) is 5. The SMILES string of the molecule is CC(NC1CCSC1)c1nc(Cc2ccccc2)no1. The van der Waals surface area contributed by atoms with Gasteiger partial charge in [0.15, 0.2) is 5.82 Å². The molecule has 4 nitrogen and oxygen atoms in total. The first-order chi connectivity index (χ1) is 9.81. The predicted octanol–water partition coefficient (Wildman–Crippen LogP) is 2.82. The molecule has 2 aromatic rings. The summed E-state index contributed by atoms with van der Waals surface area (Å²) in [7, 11) is 0. The smallest absolute Gasteiger partial charge is 0.243 e. The second-order valence-electron chi connectivity index (χ2n) is 5.16. The summed E-state index contributed by atoms with van der Waals surface area (Å²) in [5, 5.41) is 7.63. The average Bonchev–Trinajstić information content (AvgIpc) is 3.11. The molecule has 0 saturated carbocycles. The van der Waals surface area contributed by atoms with Gasteiger partial charge in [-0.25, -0.2) is 0 Å². The van der Waals surface area contributed by atoms with Crippen LogP contribution in [0.4, 0.5) is 0 Å². The van der Waals surface area contributed by atoms with Crippen LogP contribution in [0.2, 0.25) is 0 Å². The first-order valence-corrected chi connectivity index (χ1v) is 8.17. The second-order valence-corrected chi connectivity index (χ2v) is 6.31. The van der Waals surface area contributed by atoms with Crippen LogP contribution in [0.25, 0.3) is 0 Å². The summed E-state index contributed by atoms with van der Waals surface area (Å²) < 4.78 is 5.38. The Kier molecular flexibility index (Phi) is 4.38. The first-order valence-electron chi connectivity index (χ1n) is 7.01. The van der Waals surface area contributed by atoms with E-state index in [9.17, 15) is 0 Å². The Labute approximate surface area is 123 Å². The van der Waals surface area contributed by atoms with E-state index in [1.165, 1.54) is 23.5 Å². The van der Waals surface area contributed by atoms with Gasteiger partial charge in [-0.1, -0.05) is 35.5 Å². The van der Waals surface area contributed by atoms with E-state index < -0.39 is 0 Å². The maximum absolute atomic E-state index is 5.38. The molecule has 0 spiro atoms. The van der Waals surface area contributed by atoms with Crippen LogP contribution in [0.5, 0.6) is 0 Å². The highest BCUT2D eigenvalue weighted by Crippen LogP contribution is 2.20. The van der Waals surface area contributed by atoms with Crippen molar-refractivity contribution < 1.29 is 4.52 Å². The van der Waals surface area contributed by atoms with Crippen molar-refractivity contribution in [1.82, 2.24) is 15.5 Å². The van der Waals surface area contributed by atoms with Gasteiger partial charge in [0.2, 0.25) is 5.89 Å². The van der Waals surface area contributed by atoms with Crippen LogP contribution in [-0.4, -0.2) is 27.7 Å². The van der Waals surface area contributed by atoms with Crippen LogP contribution >= 0.6 is 11.8 Å². The molecule has 2 atom stereocenters. The van der Waals surface area contributed by atoms with Crippen LogP contribution in [-0.2, 0) is 6.42 Å². The van der Waals surface area contributed by atoms with E-state index in [-0.39, 0.29) is 6.04 Å². The average molecular weight is 289 g/mol. The zero-order valence-corrected chi connectivity index (χ0v) is 12.4. The summed E-state index contributed by atoms with van der Waals surface area (Å²) in [6, 6.07) is 10.9. The topological polar surface area (TPSA) is 51.0 Å². The molecular weight excluding hydrogens is 270 g/mol. The van der Waals surface area contributed by atoms with E-state index in [2.05, 4.69) is 34.5 Å². The number of hydrogen-bond donors (Lipinski definition) is 1. The fraction of sp³-hybridized carbons (Fsp3) is 0.467. The molecule has 1 aliphatic heterocycles. The molecule has 1 N–H and O–H groups in total. The van der Waals surface area contributed by atoms with Crippen molar-refractivity contribution in [3.63, 3.8) is 0 Å². The van der Waals surface area contributed by atoms with Gasteiger partial charge in [-0.2, -0.15) is 16.7 Å². The van der Waals surface area contributed by atoms with Crippen LogP contribution in [0, 0.1) is 0 Å². The number of thioether (sulfide) groups is 1. The van der Waals surface area contributed by atoms with E-state index in [0.29, 0.717) is 11.9 Å². The molecule has 2 unspecified atom stereocenters. The Hall–Kier alpha value is -1.33. The minimum atomic E-state index is 0.121. The second kappa shape index (κ2) is 6.41. The molecule has 5 heteroatoms. The zero-order valence-electron chi connectivity index (χ0n) is 11.6. The number of nitrogens with zero attached hydrogens (tertiary/aromatic N) is 2. The summed E-state index contributed by atoms with van der Waals surface area (Å²) in [4.78, 5) is 4.50. The molecule has 106 valence electrons. The first kappa shape index (κ1) is 13.6. The lowest BCUT2D eigenvalue weighted by molar-refractivity contribution is 0.325. The van der Waals surface area contributed by atoms with Gasteiger partial charge in [-0.05, 0) is 24.7 Å². The standard InChI is InChI=1S/C15H19N3OS/c1-11(16-13-7-8-20-10-13)15-17-14(18-19-15)9-12-5-3-2-4-6-12/h2-6,11,13,16H,7-10H2,1H3. The normalized spacial score (nSPS) is 20.1. The van der Waals surface area contributed by atoms with E-state index >= 15 is 0 Å². The maximum Gasteiger partial charge on any atom is 0.243 e. The molecule has 3 rings (SSSR count). The molecule has 1 aromatic carbocycles. The monoisotopic (exact) mass is 289 g/mol. The molecule has 1 saturated heterocycles. The molecule has 0 bridgehead atoms. The highest BCUT2D eigenvalue weighted by molar-refractivity contribution is 7.99. The van der Waals surface area contributed by atoms with Gasteiger partial charge >= 0.3 is 0 Å². The zero-order chi connectivity index (χ0) is 13.8. The van der Waals surface area contributed by atoms with Gasteiger partial charge in [0.1, 0.15) is 0 Å². The third-order valence-corrected chi connectivity index (χ3v) is 4.64. The number of nitrogens with one attached hydrogen (secondary N) is 1. The third kappa shape index (κ3) is 3.41. The van der Waals surface area contributed by atoms with Crippen molar-refractivity contribution in [3.8, 4) is 0 Å². The van der Waals surface area contributed by atoms with Crippen LogP contribution in [0.1, 0.15) is 36.7 Å². The molecular formula is C15H19N3OS. The van der Waals surface area contributed by atoms with Gasteiger partial charge in [-0.15, -0.1) is 0 Å². The van der Waals surface area contributed by atoms with Crippen molar-refractivity contribution in [1.29, 1.82) is 0 Å². The van der Waals surface area contributed by atoms with E-state index in [0.717, 1.165) is 12.2 Å². The molecule has 0 radical (unpaired) electrons. The van der Waals surface area contributed by atoms with Gasteiger partial charge in [0, 0.05) is 18.2 Å². The molecule has 0 aliphatic carbocycles. The van der Waals surface area contributed by atoms with Crippen LogP contribution in [0.3, 0.4) is 0 Å². The quantitative estimate of drug-likeness (QED) is 0.917. The van der Waals surface area contributed by atoms with Crippen molar-refractivity contribution in [3.05, 3.63) is 47.6 Å². The lowest BCUT2D eigenvalue weighted by Crippen LogP contribution is -2.31. The molecule has 20 heavy (non-hydrogen) atoms. The number of benzene rings is 1. The minimum Gasteiger partial charge on any atom is -0.338 e. The van der Waals surface area contributed by atoms with Crippen molar-refractivity contribution in [2.75, 3.05) is 11.5 Å². The summed E-state index contributed by atoms with van der Waals surface area (Å²) in [5.41, 5.74) is 1.20.